The molecule has 2 bridgehead atoms. The van der Waals surface area contributed by atoms with Crippen molar-refractivity contribution >= 4 is 17.6 Å². The third kappa shape index (κ3) is 3.30. The number of ether oxygens (including phenoxy) is 1. The number of carbonyl (C=O) groups excluding carboxylic acids is 2. The van der Waals surface area contributed by atoms with Crippen molar-refractivity contribution in [3.63, 3.8) is 0 Å². The van der Waals surface area contributed by atoms with E-state index in [4.69, 9.17) is 10.5 Å². The summed E-state index contributed by atoms with van der Waals surface area (Å²) in [5, 5.41) is 0. The van der Waals surface area contributed by atoms with Crippen LogP contribution in [0.25, 0.3) is 5.57 Å². The molecular formula is C19H24N2O3. The van der Waals surface area contributed by atoms with Gasteiger partial charge in [0.05, 0.1) is 6.04 Å². The number of carbonyl (C=O) groups is 2. The van der Waals surface area contributed by atoms with Crippen molar-refractivity contribution in [2.45, 2.75) is 57.7 Å². The van der Waals surface area contributed by atoms with E-state index in [9.17, 15) is 9.59 Å². The molecule has 1 saturated heterocycles. The van der Waals surface area contributed by atoms with Gasteiger partial charge in [-0.05, 0) is 63.3 Å². The van der Waals surface area contributed by atoms with Crippen molar-refractivity contribution in [3.8, 4) is 0 Å². The highest BCUT2D eigenvalue weighted by atomic mass is 16.6. The van der Waals surface area contributed by atoms with E-state index in [1.165, 1.54) is 5.57 Å². The second-order valence-electron chi connectivity index (χ2n) is 7.53. The van der Waals surface area contributed by atoms with Gasteiger partial charge in [0.1, 0.15) is 5.60 Å². The van der Waals surface area contributed by atoms with Gasteiger partial charge in [0.25, 0.3) is 0 Å². The minimum Gasteiger partial charge on any atom is -0.444 e. The second kappa shape index (κ2) is 5.96. The van der Waals surface area contributed by atoms with Crippen molar-refractivity contribution in [2.75, 3.05) is 0 Å². The summed E-state index contributed by atoms with van der Waals surface area (Å²) >= 11 is 0. The smallest absolute Gasteiger partial charge is 0.411 e. The van der Waals surface area contributed by atoms with Gasteiger partial charge in [-0.1, -0.05) is 18.2 Å². The van der Waals surface area contributed by atoms with Crippen LogP contribution in [0, 0.1) is 0 Å². The van der Waals surface area contributed by atoms with Gasteiger partial charge in [0.15, 0.2) is 0 Å². The van der Waals surface area contributed by atoms with Crippen LogP contribution in [0.2, 0.25) is 0 Å². The van der Waals surface area contributed by atoms with Crippen LogP contribution in [0.4, 0.5) is 4.79 Å². The molecule has 0 radical (unpaired) electrons. The van der Waals surface area contributed by atoms with Crippen LogP contribution >= 0.6 is 0 Å². The predicted molar refractivity (Wildman–Crippen MR) is 92.4 cm³/mol. The first-order chi connectivity index (χ1) is 11.2. The van der Waals surface area contributed by atoms with E-state index in [1.54, 1.807) is 6.07 Å². The van der Waals surface area contributed by atoms with Crippen LogP contribution in [0.3, 0.4) is 0 Å². The highest BCUT2D eigenvalue weighted by molar-refractivity contribution is 5.93. The van der Waals surface area contributed by atoms with E-state index < -0.39 is 11.5 Å². The van der Waals surface area contributed by atoms with E-state index in [-0.39, 0.29) is 18.2 Å². The van der Waals surface area contributed by atoms with E-state index in [0.29, 0.717) is 5.56 Å². The number of amides is 2. The zero-order chi connectivity index (χ0) is 17.5. The summed E-state index contributed by atoms with van der Waals surface area (Å²) in [7, 11) is 0. The molecule has 1 fully saturated rings. The number of rotatable bonds is 2. The first-order valence-corrected chi connectivity index (χ1v) is 8.37. The summed E-state index contributed by atoms with van der Waals surface area (Å²) in [5.41, 5.74) is 7.57. The van der Waals surface area contributed by atoms with E-state index in [1.807, 2.05) is 43.9 Å². The Morgan fingerprint density at radius 1 is 1.25 bits per heavy atom. The van der Waals surface area contributed by atoms with Gasteiger partial charge in [-0.15, -0.1) is 0 Å². The fourth-order valence-corrected chi connectivity index (χ4v) is 3.52. The monoisotopic (exact) mass is 328 g/mol. The van der Waals surface area contributed by atoms with Crippen molar-refractivity contribution in [1.82, 2.24) is 4.90 Å². The van der Waals surface area contributed by atoms with Crippen LogP contribution in [0.15, 0.2) is 30.3 Å². The highest BCUT2D eigenvalue weighted by Crippen LogP contribution is 2.39. The lowest BCUT2D eigenvalue weighted by atomic mass is 9.94. The Bertz CT molecular complexity index is 703. The van der Waals surface area contributed by atoms with Crippen molar-refractivity contribution in [3.05, 3.63) is 41.5 Å². The Kier molecular flexibility index (Phi) is 4.11. The summed E-state index contributed by atoms with van der Waals surface area (Å²) in [6.07, 6.45) is 4.59. The molecule has 2 amide bonds. The molecule has 2 aliphatic heterocycles. The minimum atomic E-state index is -0.490. The summed E-state index contributed by atoms with van der Waals surface area (Å²) in [6.45, 7) is 5.65. The number of fused-ring (bicyclic) bond motifs is 2. The van der Waals surface area contributed by atoms with Gasteiger partial charge < -0.3 is 10.5 Å². The lowest BCUT2D eigenvalue weighted by molar-refractivity contribution is 0.0175. The molecule has 2 aliphatic rings. The Labute approximate surface area is 142 Å². The lowest BCUT2D eigenvalue weighted by Gasteiger charge is -2.35. The largest absolute Gasteiger partial charge is 0.444 e. The quantitative estimate of drug-likeness (QED) is 0.905. The summed E-state index contributed by atoms with van der Waals surface area (Å²) in [5.74, 6) is -0.424. The third-order valence-corrected chi connectivity index (χ3v) is 4.52. The van der Waals surface area contributed by atoms with Crippen molar-refractivity contribution in [2.24, 2.45) is 5.73 Å². The van der Waals surface area contributed by atoms with E-state index in [0.717, 1.165) is 24.8 Å². The van der Waals surface area contributed by atoms with Crippen molar-refractivity contribution < 1.29 is 14.3 Å². The molecule has 2 atom stereocenters. The van der Waals surface area contributed by atoms with E-state index in [2.05, 4.69) is 6.08 Å². The van der Waals surface area contributed by atoms with Crippen LogP contribution in [-0.2, 0) is 4.74 Å². The molecule has 1 aromatic carbocycles. The molecule has 1 aromatic rings. The predicted octanol–water partition coefficient (Wildman–Crippen LogP) is 3.34. The molecule has 0 aliphatic carbocycles. The lowest BCUT2D eigenvalue weighted by Crippen LogP contribution is -2.45. The zero-order valence-corrected chi connectivity index (χ0v) is 14.4. The molecule has 0 unspecified atom stereocenters. The van der Waals surface area contributed by atoms with Gasteiger partial charge >= 0.3 is 6.09 Å². The summed E-state index contributed by atoms with van der Waals surface area (Å²) in [4.78, 5) is 25.7. The number of hydrogen-bond donors (Lipinski definition) is 1. The van der Waals surface area contributed by atoms with Crippen LogP contribution < -0.4 is 5.73 Å². The Hall–Kier alpha value is -2.30. The molecule has 5 nitrogen and oxygen atoms in total. The maximum atomic E-state index is 12.5. The number of nitrogens with two attached hydrogens (primary N) is 1. The number of hydrogen-bond acceptors (Lipinski definition) is 3. The Balaban J connectivity index is 1.83. The maximum absolute atomic E-state index is 12.5. The van der Waals surface area contributed by atoms with Gasteiger partial charge in [0.2, 0.25) is 5.91 Å². The van der Waals surface area contributed by atoms with Crippen molar-refractivity contribution in [1.29, 1.82) is 0 Å². The molecule has 128 valence electrons. The molecule has 0 spiro atoms. The SMILES string of the molecule is CC(C)(C)OC(=O)N1[C@H]2CC[C@@H]1C=C(c1cccc(C(N)=O)c1)C2. The van der Waals surface area contributed by atoms with Crippen LogP contribution in [0.5, 0.6) is 0 Å². The average Bonchev–Trinajstić information content (AvgIpc) is 2.76. The standard InChI is InChI=1S/C19H24N2O3/c1-19(2,3)24-18(23)21-15-7-8-16(21)11-14(10-15)12-5-4-6-13(9-12)17(20)22/h4-6,9-10,15-16H,7-8,11H2,1-3H3,(H2,20,22)/t15-,16+/m1/s1. The Morgan fingerprint density at radius 2 is 2.00 bits per heavy atom. The average molecular weight is 328 g/mol. The number of benzene rings is 1. The van der Waals surface area contributed by atoms with Crippen LogP contribution in [-0.4, -0.2) is 34.6 Å². The molecule has 5 heteroatoms. The first-order valence-electron chi connectivity index (χ1n) is 8.37. The zero-order valence-electron chi connectivity index (χ0n) is 14.4. The molecule has 2 heterocycles. The fourth-order valence-electron chi connectivity index (χ4n) is 3.52. The molecule has 2 N–H and O–H groups in total. The van der Waals surface area contributed by atoms with Crippen LogP contribution in [0.1, 0.15) is 56.0 Å². The first kappa shape index (κ1) is 16.6. The van der Waals surface area contributed by atoms with E-state index >= 15 is 0 Å². The van der Waals surface area contributed by atoms with Gasteiger partial charge in [-0.25, -0.2) is 4.79 Å². The number of nitrogens with zero attached hydrogens (tertiary/aromatic N) is 1. The minimum absolute atomic E-state index is 0.0610. The molecule has 0 saturated carbocycles. The van der Waals surface area contributed by atoms with Gasteiger partial charge in [-0.3, -0.25) is 9.69 Å². The highest BCUT2D eigenvalue weighted by Gasteiger charge is 2.41. The van der Waals surface area contributed by atoms with Gasteiger partial charge in [0, 0.05) is 11.6 Å². The molecule has 3 rings (SSSR count). The topological polar surface area (TPSA) is 72.6 Å². The third-order valence-electron chi connectivity index (χ3n) is 4.52. The summed E-state index contributed by atoms with van der Waals surface area (Å²) < 4.78 is 5.55. The normalized spacial score (nSPS) is 23.0. The maximum Gasteiger partial charge on any atom is 0.411 e. The van der Waals surface area contributed by atoms with Gasteiger partial charge in [-0.2, -0.15) is 0 Å². The Morgan fingerprint density at radius 3 is 2.62 bits per heavy atom. The molecule has 0 aromatic heterocycles. The fraction of sp³-hybridized carbons (Fsp3) is 0.474. The molecular weight excluding hydrogens is 304 g/mol. The molecule has 24 heavy (non-hydrogen) atoms. The number of primary amides is 1. The summed E-state index contributed by atoms with van der Waals surface area (Å²) in [6, 6.07) is 7.60. The second-order valence-corrected chi connectivity index (χ2v) is 7.53.